The summed E-state index contributed by atoms with van der Waals surface area (Å²) in [6.45, 7) is 5.20. The zero-order valence-electron chi connectivity index (χ0n) is 23.4. The van der Waals surface area contributed by atoms with Crippen LogP contribution in [-0.2, 0) is 0 Å². The molecule has 0 bridgehead atoms. The summed E-state index contributed by atoms with van der Waals surface area (Å²) in [7, 11) is 0. The van der Waals surface area contributed by atoms with E-state index < -0.39 is 0 Å². The van der Waals surface area contributed by atoms with Crippen LogP contribution < -0.4 is 4.90 Å². The molecule has 1 aliphatic rings. The minimum atomic E-state index is 0.464. The smallest absolute Gasteiger partial charge is 0.101 e. The average molecular weight is 551 g/mol. The second kappa shape index (κ2) is 10.7. The van der Waals surface area contributed by atoms with Gasteiger partial charge in [0.15, 0.2) is 0 Å². The van der Waals surface area contributed by atoms with Gasteiger partial charge in [-0.3, -0.25) is 0 Å². The molecule has 1 aromatic heterocycles. The van der Waals surface area contributed by atoms with Gasteiger partial charge in [-0.15, -0.1) is 0 Å². The molecule has 0 radical (unpaired) electrons. The third-order valence-electron chi connectivity index (χ3n) is 8.03. The number of nitriles is 2. The monoisotopic (exact) mass is 550 g/mol. The van der Waals surface area contributed by atoms with Gasteiger partial charge in [0.1, 0.15) is 12.1 Å². The maximum Gasteiger partial charge on any atom is 0.101 e. The molecule has 6 aromatic rings. The van der Waals surface area contributed by atoms with Gasteiger partial charge in [0.05, 0.1) is 27.8 Å². The summed E-state index contributed by atoms with van der Waals surface area (Å²) in [6, 6.07) is 43.3. The van der Waals surface area contributed by atoms with Crippen molar-refractivity contribution in [3.05, 3.63) is 162 Å². The molecule has 43 heavy (non-hydrogen) atoms. The van der Waals surface area contributed by atoms with Crippen LogP contribution in [0.5, 0.6) is 0 Å². The van der Waals surface area contributed by atoms with E-state index >= 15 is 0 Å². The molecule has 0 atom stereocenters. The number of hydrogen-bond donors (Lipinski definition) is 0. The fourth-order valence-corrected chi connectivity index (χ4v) is 6.07. The van der Waals surface area contributed by atoms with Crippen molar-refractivity contribution in [3.8, 4) is 17.8 Å². The fourth-order valence-electron chi connectivity index (χ4n) is 6.07. The Morgan fingerprint density at radius 3 is 2.16 bits per heavy atom. The van der Waals surface area contributed by atoms with E-state index in [1.807, 2.05) is 28.8 Å². The van der Waals surface area contributed by atoms with Crippen LogP contribution >= 0.6 is 0 Å². The summed E-state index contributed by atoms with van der Waals surface area (Å²) in [5.74, 6) is 0. The van der Waals surface area contributed by atoms with Crippen molar-refractivity contribution < 1.29 is 0 Å². The van der Waals surface area contributed by atoms with Gasteiger partial charge in [0.2, 0.25) is 0 Å². The largest absolute Gasteiger partial charge is 0.337 e. The number of benzene rings is 5. The number of nitrogens with zero attached hydrogens (tertiary/aromatic N) is 4. The van der Waals surface area contributed by atoms with Gasteiger partial charge >= 0.3 is 0 Å². The zero-order valence-corrected chi connectivity index (χ0v) is 23.4. The lowest BCUT2D eigenvalue weighted by Gasteiger charge is -2.26. The Morgan fingerprint density at radius 2 is 1.37 bits per heavy atom. The molecule has 2 heterocycles. The molecule has 0 amide bonds. The van der Waals surface area contributed by atoms with Crippen molar-refractivity contribution >= 4 is 44.3 Å². The van der Waals surface area contributed by atoms with E-state index in [0.29, 0.717) is 23.4 Å². The number of anilines is 2. The number of para-hydroxylation sites is 4. The minimum absolute atomic E-state index is 0.464. The quantitative estimate of drug-likeness (QED) is 0.221. The van der Waals surface area contributed by atoms with Crippen LogP contribution in [0, 0.1) is 22.7 Å². The Hall–Kier alpha value is -6.10. The number of fused-ring (bicyclic) bond motifs is 4. The van der Waals surface area contributed by atoms with Gasteiger partial charge in [-0.05, 0) is 71.3 Å². The third-order valence-corrected chi connectivity index (χ3v) is 8.03. The fraction of sp³-hybridized carbons (Fsp3) is 0.0256. The van der Waals surface area contributed by atoms with Crippen molar-refractivity contribution in [2.24, 2.45) is 0 Å². The second-order valence-corrected chi connectivity index (χ2v) is 10.5. The highest BCUT2D eigenvalue weighted by atomic mass is 15.1. The van der Waals surface area contributed by atoms with Crippen molar-refractivity contribution in [1.29, 1.82) is 10.5 Å². The molecule has 1 aliphatic heterocycles. The maximum absolute atomic E-state index is 9.95. The minimum Gasteiger partial charge on any atom is -0.337 e. The van der Waals surface area contributed by atoms with E-state index in [-0.39, 0.29) is 0 Å². The lowest BCUT2D eigenvalue weighted by Crippen LogP contribution is -2.17. The lowest BCUT2D eigenvalue weighted by molar-refractivity contribution is 1.09. The first-order valence-corrected chi connectivity index (χ1v) is 14.1. The Bertz CT molecular complexity index is 2170. The first-order valence-electron chi connectivity index (χ1n) is 14.1. The van der Waals surface area contributed by atoms with Crippen LogP contribution in [-0.4, -0.2) is 11.1 Å². The first-order chi connectivity index (χ1) is 21.2. The molecule has 7 rings (SSSR count). The van der Waals surface area contributed by atoms with Crippen LogP contribution in [0.15, 0.2) is 140 Å². The summed E-state index contributed by atoms with van der Waals surface area (Å²) in [4.78, 5) is 2.31. The molecular weight excluding hydrogens is 524 g/mol. The van der Waals surface area contributed by atoms with Crippen LogP contribution in [0.4, 0.5) is 11.4 Å². The molecule has 4 nitrogen and oxygen atoms in total. The van der Waals surface area contributed by atoms with Crippen LogP contribution in [0.1, 0.15) is 22.3 Å². The number of aromatic nitrogens is 1. The van der Waals surface area contributed by atoms with Crippen molar-refractivity contribution in [2.45, 2.75) is 0 Å². The van der Waals surface area contributed by atoms with Gasteiger partial charge in [-0.1, -0.05) is 85.5 Å². The molecule has 0 fully saturated rings. The summed E-state index contributed by atoms with van der Waals surface area (Å²) in [5.41, 5.74) is 9.81. The molecule has 0 N–H and O–H groups in total. The Kier molecular flexibility index (Phi) is 6.44. The average Bonchev–Trinajstić information content (AvgIpc) is 3.41. The van der Waals surface area contributed by atoms with Crippen LogP contribution in [0.2, 0.25) is 0 Å². The highest BCUT2D eigenvalue weighted by Crippen LogP contribution is 2.38. The topological polar surface area (TPSA) is 55.8 Å². The SMILES string of the molecule is C=C1/C=C(c2ccc3c(c2)c2ccccc2n3-c2c(C#N)cccc2C#N)\C=C/CN(c2ccccc2)c2ccccc21. The van der Waals surface area contributed by atoms with Crippen LogP contribution in [0.25, 0.3) is 38.6 Å². The standard InChI is InChI=1S/C39H26N4/c1-27-23-28(13-10-22-42(32-14-3-2-4-15-32)36-18-7-5-16-33(27)36)29-20-21-38-35(24-29)34-17-6-8-19-37(34)43(38)39-30(25-40)11-9-12-31(39)26-41/h2-21,23-24H,1,22H2/b13-10-,28-23+. The summed E-state index contributed by atoms with van der Waals surface area (Å²) < 4.78 is 2.05. The van der Waals surface area contributed by atoms with Gasteiger partial charge in [-0.2, -0.15) is 10.5 Å². The lowest BCUT2D eigenvalue weighted by atomic mass is 9.97. The highest BCUT2D eigenvalue weighted by Gasteiger charge is 2.19. The molecule has 0 saturated carbocycles. The van der Waals surface area contributed by atoms with Crippen molar-refractivity contribution in [2.75, 3.05) is 11.4 Å². The molecular formula is C39H26N4. The molecule has 0 saturated heterocycles. The predicted molar refractivity (Wildman–Crippen MR) is 176 cm³/mol. The molecule has 0 aliphatic carbocycles. The van der Waals surface area contributed by atoms with E-state index in [1.54, 1.807) is 18.2 Å². The highest BCUT2D eigenvalue weighted by molar-refractivity contribution is 6.11. The van der Waals surface area contributed by atoms with Crippen molar-refractivity contribution in [3.63, 3.8) is 0 Å². The Labute approximate surface area is 250 Å². The van der Waals surface area contributed by atoms with Gasteiger partial charge in [-0.25, -0.2) is 0 Å². The second-order valence-electron chi connectivity index (χ2n) is 10.5. The van der Waals surface area contributed by atoms with E-state index in [9.17, 15) is 10.5 Å². The van der Waals surface area contributed by atoms with Crippen molar-refractivity contribution in [1.82, 2.24) is 4.57 Å². The van der Waals surface area contributed by atoms with Gasteiger partial charge < -0.3 is 9.47 Å². The van der Waals surface area contributed by atoms with Crippen LogP contribution in [0.3, 0.4) is 0 Å². The normalized spacial score (nSPS) is 15.0. The van der Waals surface area contributed by atoms with E-state index in [1.165, 1.54) is 0 Å². The van der Waals surface area contributed by atoms with E-state index in [0.717, 1.165) is 55.5 Å². The number of rotatable bonds is 3. The molecule has 5 aromatic carbocycles. The third kappa shape index (κ3) is 4.39. The molecule has 4 heteroatoms. The molecule has 0 unspecified atom stereocenters. The van der Waals surface area contributed by atoms with Gasteiger partial charge in [0, 0.05) is 34.3 Å². The Morgan fingerprint density at radius 1 is 0.674 bits per heavy atom. The number of hydrogen-bond acceptors (Lipinski definition) is 3. The maximum atomic E-state index is 9.95. The van der Waals surface area contributed by atoms with E-state index in [2.05, 4.69) is 115 Å². The van der Waals surface area contributed by atoms with Gasteiger partial charge in [0.25, 0.3) is 0 Å². The molecule has 0 spiro atoms. The summed E-state index contributed by atoms with van der Waals surface area (Å²) in [5, 5.41) is 22.0. The summed E-state index contributed by atoms with van der Waals surface area (Å²) >= 11 is 0. The molecule has 202 valence electrons. The zero-order chi connectivity index (χ0) is 29.3. The summed E-state index contributed by atoms with van der Waals surface area (Å²) in [6.07, 6.45) is 6.53. The van der Waals surface area contributed by atoms with E-state index in [4.69, 9.17) is 0 Å². The number of allylic oxidation sites excluding steroid dienone is 4. The first kappa shape index (κ1) is 25.8. The predicted octanol–water partition coefficient (Wildman–Crippen LogP) is 9.33. The Balaban J connectivity index is 1.41.